The van der Waals surface area contributed by atoms with E-state index >= 15 is 0 Å². The molecular weight excluding hydrogens is 428 g/mol. The van der Waals surface area contributed by atoms with Crippen molar-refractivity contribution in [2.75, 3.05) is 10.6 Å². The Bertz CT molecular complexity index is 1520. The molecule has 0 radical (unpaired) electrons. The molecule has 0 unspecified atom stereocenters. The number of amides is 2. The van der Waals surface area contributed by atoms with Gasteiger partial charge in [0.1, 0.15) is 17.6 Å². The molecule has 0 aliphatic carbocycles. The van der Waals surface area contributed by atoms with Gasteiger partial charge in [-0.15, -0.1) is 11.3 Å². The molecule has 0 aliphatic heterocycles. The van der Waals surface area contributed by atoms with Crippen LogP contribution in [0.4, 0.5) is 11.4 Å². The maximum Gasteiger partial charge on any atom is 0.297 e. The van der Waals surface area contributed by atoms with Gasteiger partial charge in [-0.05, 0) is 41.8 Å². The Kier molecular flexibility index (Phi) is 5.00. The molecule has 0 spiro atoms. The summed E-state index contributed by atoms with van der Waals surface area (Å²) in [6.45, 7) is -0.232. The maximum atomic E-state index is 12.8. The smallest absolute Gasteiger partial charge is 0.297 e. The van der Waals surface area contributed by atoms with Crippen LogP contribution in [0.2, 0.25) is 0 Å². The van der Waals surface area contributed by atoms with Gasteiger partial charge >= 0.3 is 0 Å². The summed E-state index contributed by atoms with van der Waals surface area (Å²) < 4.78 is 6.84. The van der Waals surface area contributed by atoms with E-state index in [0.717, 1.165) is 5.39 Å². The first kappa shape index (κ1) is 19.7. The number of fused-ring (bicyclic) bond motifs is 3. The molecule has 0 saturated heterocycles. The standard InChI is InChI=1S/C23H16N4O4S/c28-19(25-14-5-3-6-15(11-14)26-22(29)18-9-4-10-32-18)12-27-13-24-20-16-7-1-2-8-17(16)31-21(20)23(27)30/h1-11,13H,12H2,(H,25,28)(H,26,29). The number of hydrogen-bond acceptors (Lipinski definition) is 6. The number of anilines is 2. The van der Waals surface area contributed by atoms with Crippen molar-refractivity contribution >= 4 is 56.6 Å². The molecule has 0 bridgehead atoms. The van der Waals surface area contributed by atoms with E-state index in [9.17, 15) is 14.4 Å². The molecule has 2 N–H and O–H groups in total. The van der Waals surface area contributed by atoms with E-state index in [1.165, 1.54) is 22.2 Å². The molecule has 8 nitrogen and oxygen atoms in total. The first-order valence-electron chi connectivity index (χ1n) is 9.70. The fourth-order valence-electron chi connectivity index (χ4n) is 3.36. The number of nitrogens with zero attached hydrogens (tertiary/aromatic N) is 2. The minimum absolute atomic E-state index is 0.111. The van der Waals surface area contributed by atoms with Gasteiger partial charge in [-0.2, -0.15) is 0 Å². The van der Waals surface area contributed by atoms with Crippen molar-refractivity contribution in [1.29, 1.82) is 0 Å². The normalized spacial score (nSPS) is 11.0. The van der Waals surface area contributed by atoms with Crippen LogP contribution in [0.3, 0.4) is 0 Å². The molecule has 0 atom stereocenters. The Morgan fingerprint density at radius 3 is 2.62 bits per heavy atom. The predicted molar refractivity (Wildman–Crippen MR) is 123 cm³/mol. The van der Waals surface area contributed by atoms with Crippen LogP contribution in [0, 0.1) is 0 Å². The van der Waals surface area contributed by atoms with Crippen molar-refractivity contribution in [2.45, 2.75) is 6.54 Å². The molecule has 9 heteroatoms. The SMILES string of the molecule is O=C(Cn1cnc2c(oc3ccccc32)c1=O)Nc1cccc(NC(=O)c2cccs2)c1. The summed E-state index contributed by atoms with van der Waals surface area (Å²) in [4.78, 5) is 42.4. The molecule has 0 fully saturated rings. The lowest BCUT2D eigenvalue weighted by Gasteiger charge is -2.09. The Labute approximate surface area is 185 Å². The zero-order chi connectivity index (χ0) is 22.1. The summed E-state index contributed by atoms with van der Waals surface area (Å²) in [6, 6.07) is 17.6. The number of carbonyl (C=O) groups excluding carboxylic acids is 2. The average molecular weight is 444 g/mol. The minimum Gasteiger partial charge on any atom is -0.448 e. The quantitative estimate of drug-likeness (QED) is 0.425. The van der Waals surface area contributed by atoms with Crippen LogP contribution < -0.4 is 16.2 Å². The molecule has 5 aromatic rings. The van der Waals surface area contributed by atoms with E-state index in [1.54, 1.807) is 42.5 Å². The number of furan rings is 1. The van der Waals surface area contributed by atoms with Crippen molar-refractivity contribution in [1.82, 2.24) is 9.55 Å². The second-order valence-electron chi connectivity index (χ2n) is 7.01. The number of para-hydroxylation sites is 1. The van der Waals surface area contributed by atoms with Crippen molar-refractivity contribution in [3.8, 4) is 0 Å². The van der Waals surface area contributed by atoms with Crippen LogP contribution in [0.25, 0.3) is 22.1 Å². The lowest BCUT2D eigenvalue weighted by molar-refractivity contribution is -0.116. The molecule has 0 aliphatic rings. The zero-order valence-electron chi connectivity index (χ0n) is 16.6. The zero-order valence-corrected chi connectivity index (χ0v) is 17.4. The molecule has 2 aromatic carbocycles. The third kappa shape index (κ3) is 3.77. The van der Waals surface area contributed by atoms with Gasteiger partial charge in [0.25, 0.3) is 11.5 Å². The summed E-state index contributed by atoms with van der Waals surface area (Å²) in [5.74, 6) is -0.633. The van der Waals surface area contributed by atoms with Gasteiger partial charge in [0, 0.05) is 16.8 Å². The highest BCUT2D eigenvalue weighted by atomic mass is 32.1. The summed E-state index contributed by atoms with van der Waals surface area (Å²) in [7, 11) is 0. The Morgan fingerprint density at radius 2 is 1.81 bits per heavy atom. The van der Waals surface area contributed by atoms with Crippen molar-refractivity contribution in [3.05, 3.63) is 87.6 Å². The van der Waals surface area contributed by atoms with Gasteiger partial charge < -0.3 is 15.1 Å². The Morgan fingerprint density at radius 1 is 1.00 bits per heavy atom. The third-order valence-corrected chi connectivity index (χ3v) is 5.68. The third-order valence-electron chi connectivity index (χ3n) is 4.81. The van der Waals surface area contributed by atoms with Crippen molar-refractivity contribution in [2.24, 2.45) is 0 Å². The number of thiophene rings is 1. The van der Waals surface area contributed by atoms with Gasteiger partial charge in [-0.1, -0.05) is 24.3 Å². The number of aromatic nitrogens is 2. The van der Waals surface area contributed by atoms with Gasteiger partial charge in [0.05, 0.1) is 11.2 Å². The number of benzene rings is 2. The molecule has 3 aromatic heterocycles. The number of rotatable bonds is 5. The second-order valence-corrected chi connectivity index (χ2v) is 7.96. The summed E-state index contributed by atoms with van der Waals surface area (Å²) in [6.07, 6.45) is 1.34. The van der Waals surface area contributed by atoms with Crippen LogP contribution in [-0.2, 0) is 11.3 Å². The fourth-order valence-corrected chi connectivity index (χ4v) is 3.98. The van der Waals surface area contributed by atoms with Gasteiger partial charge in [0.2, 0.25) is 11.5 Å². The number of carbonyl (C=O) groups is 2. The van der Waals surface area contributed by atoms with Gasteiger partial charge in [0.15, 0.2) is 0 Å². The molecule has 2 amide bonds. The minimum atomic E-state index is -0.432. The van der Waals surface area contributed by atoms with Crippen LogP contribution in [0.15, 0.2) is 81.6 Å². The Balaban J connectivity index is 1.32. The molecule has 0 saturated carbocycles. The van der Waals surface area contributed by atoms with Crippen LogP contribution in [0.1, 0.15) is 9.67 Å². The largest absolute Gasteiger partial charge is 0.448 e. The van der Waals surface area contributed by atoms with Gasteiger partial charge in [-0.25, -0.2) is 4.98 Å². The van der Waals surface area contributed by atoms with Crippen LogP contribution >= 0.6 is 11.3 Å². The fraction of sp³-hybridized carbons (Fsp3) is 0.0435. The molecule has 158 valence electrons. The topological polar surface area (TPSA) is 106 Å². The predicted octanol–water partition coefficient (Wildman–Crippen LogP) is 4.10. The van der Waals surface area contributed by atoms with Gasteiger partial charge in [-0.3, -0.25) is 19.0 Å². The molecule has 32 heavy (non-hydrogen) atoms. The summed E-state index contributed by atoms with van der Waals surface area (Å²) in [5, 5.41) is 8.10. The molecular formula is C23H16N4O4S. The number of hydrogen-bond donors (Lipinski definition) is 2. The highest BCUT2D eigenvalue weighted by Gasteiger charge is 2.15. The van der Waals surface area contributed by atoms with E-state index in [0.29, 0.717) is 27.4 Å². The number of nitrogens with one attached hydrogen (secondary N) is 2. The van der Waals surface area contributed by atoms with Crippen molar-refractivity contribution in [3.63, 3.8) is 0 Å². The maximum absolute atomic E-state index is 12.8. The monoisotopic (exact) mass is 444 g/mol. The molecule has 3 heterocycles. The first-order chi connectivity index (χ1) is 15.6. The van der Waals surface area contributed by atoms with E-state index in [2.05, 4.69) is 15.6 Å². The van der Waals surface area contributed by atoms with Crippen LogP contribution in [-0.4, -0.2) is 21.4 Å². The lowest BCUT2D eigenvalue weighted by Crippen LogP contribution is -2.27. The van der Waals surface area contributed by atoms with Crippen molar-refractivity contribution < 1.29 is 14.0 Å². The highest BCUT2D eigenvalue weighted by Crippen LogP contribution is 2.24. The van der Waals surface area contributed by atoms with E-state index in [1.807, 2.05) is 23.6 Å². The first-order valence-corrected chi connectivity index (χ1v) is 10.6. The highest BCUT2D eigenvalue weighted by molar-refractivity contribution is 7.12. The van der Waals surface area contributed by atoms with E-state index in [-0.39, 0.29) is 18.0 Å². The van der Waals surface area contributed by atoms with Crippen LogP contribution in [0.5, 0.6) is 0 Å². The summed E-state index contributed by atoms with van der Waals surface area (Å²) >= 11 is 1.34. The van der Waals surface area contributed by atoms with E-state index < -0.39 is 11.5 Å². The Hall–Kier alpha value is -4.24. The molecule has 5 rings (SSSR count). The second kappa shape index (κ2) is 8.12. The summed E-state index contributed by atoms with van der Waals surface area (Å²) in [5.41, 5.74) is 1.75. The lowest BCUT2D eigenvalue weighted by atomic mass is 10.2. The van der Waals surface area contributed by atoms with E-state index in [4.69, 9.17) is 4.42 Å². The average Bonchev–Trinajstić information content (AvgIpc) is 3.44.